The predicted octanol–water partition coefficient (Wildman–Crippen LogP) is 2.23. The molecule has 0 radical (unpaired) electrons. The quantitative estimate of drug-likeness (QED) is 0.210. The molecular weight excluding hydrogens is 424 g/mol. The highest BCUT2D eigenvalue weighted by Crippen LogP contribution is 2.08. The molecule has 0 aromatic heterocycles. The molecule has 0 heterocycles. The summed E-state index contributed by atoms with van der Waals surface area (Å²) in [4.78, 5) is 49.9. The van der Waals surface area contributed by atoms with E-state index in [-0.39, 0.29) is 37.7 Å². The van der Waals surface area contributed by atoms with Crippen molar-refractivity contribution in [1.82, 2.24) is 15.7 Å². The van der Waals surface area contributed by atoms with Crippen LogP contribution >= 0.6 is 0 Å². The van der Waals surface area contributed by atoms with Gasteiger partial charge in [-0.3, -0.25) is 24.4 Å². The van der Waals surface area contributed by atoms with E-state index in [1.165, 1.54) is 4.90 Å². The Morgan fingerprint density at radius 3 is 2.00 bits per heavy atom. The number of benzene rings is 2. The van der Waals surface area contributed by atoms with Gasteiger partial charge in [0.25, 0.3) is 0 Å². The number of amides is 4. The van der Waals surface area contributed by atoms with E-state index < -0.39 is 11.8 Å². The third-order valence-corrected chi connectivity index (χ3v) is 4.83. The van der Waals surface area contributed by atoms with Gasteiger partial charge in [0.1, 0.15) is 13.1 Å². The van der Waals surface area contributed by atoms with Crippen LogP contribution in [0, 0.1) is 0 Å². The van der Waals surface area contributed by atoms with Crippen LogP contribution in [0.4, 0.5) is 5.69 Å². The fourth-order valence-corrected chi connectivity index (χ4v) is 3.11. The second-order valence-electron chi connectivity index (χ2n) is 7.52. The number of hydroxylamine groups is 1. The molecule has 0 saturated heterocycles. The van der Waals surface area contributed by atoms with Gasteiger partial charge in [-0.25, -0.2) is 5.48 Å². The van der Waals surface area contributed by atoms with Gasteiger partial charge in [0.05, 0.1) is 0 Å². The van der Waals surface area contributed by atoms with Crippen LogP contribution in [0.3, 0.4) is 0 Å². The van der Waals surface area contributed by atoms with Gasteiger partial charge < -0.3 is 15.5 Å². The van der Waals surface area contributed by atoms with Crippen LogP contribution in [0.5, 0.6) is 0 Å². The number of hydrogen-bond acceptors (Lipinski definition) is 5. The molecule has 33 heavy (non-hydrogen) atoms. The van der Waals surface area contributed by atoms with E-state index in [1.807, 2.05) is 36.4 Å². The Morgan fingerprint density at radius 1 is 0.727 bits per heavy atom. The Balaban J connectivity index is 1.89. The highest BCUT2D eigenvalue weighted by molar-refractivity contribution is 5.95. The SMILES string of the molecule is O=C(CCCCCC(=O)N(CC(=O)NCc1ccccc1)CC(=O)Nc1ccccc1)NO. The van der Waals surface area contributed by atoms with Gasteiger partial charge in [-0.15, -0.1) is 0 Å². The molecule has 9 heteroatoms. The molecule has 4 N–H and O–H groups in total. The van der Waals surface area contributed by atoms with Crippen molar-refractivity contribution >= 4 is 29.3 Å². The summed E-state index contributed by atoms with van der Waals surface area (Å²) in [5.74, 6) is -1.56. The average Bonchev–Trinajstić information content (AvgIpc) is 2.83. The first-order chi connectivity index (χ1) is 16.0. The molecule has 0 bridgehead atoms. The molecule has 2 aromatic carbocycles. The number of anilines is 1. The van der Waals surface area contributed by atoms with E-state index in [0.717, 1.165) is 5.56 Å². The third kappa shape index (κ3) is 10.4. The van der Waals surface area contributed by atoms with Gasteiger partial charge in [0, 0.05) is 25.1 Å². The molecule has 4 amide bonds. The number of nitrogens with zero attached hydrogens (tertiary/aromatic N) is 1. The summed E-state index contributed by atoms with van der Waals surface area (Å²) in [6.45, 7) is -0.162. The Morgan fingerprint density at radius 2 is 1.33 bits per heavy atom. The van der Waals surface area contributed by atoms with Gasteiger partial charge in [0.15, 0.2) is 0 Å². The van der Waals surface area contributed by atoms with Gasteiger partial charge >= 0.3 is 0 Å². The van der Waals surface area contributed by atoms with Gasteiger partial charge in [-0.2, -0.15) is 0 Å². The number of unbranched alkanes of at least 4 members (excludes halogenated alkanes) is 2. The Hall–Kier alpha value is -3.72. The largest absolute Gasteiger partial charge is 0.350 e. The highest BCUT2D eigenvalue weighted by atomic mass is 16.5. The van der Waals surface area contributed by atoms with Crippen LogP contribution in [-0.4, -0.2) is 46.8 Å². The number of nitrogens with one attached hydrogen (secondary N) is 3. The van der Waals surface area contributed by atoms with Crippen molar-refractivity contribution in [3.63, 3.8) is 0 Å². The second-order valence-corrected chi connectivity index (χ2v) is 7.52. The second kappa shape index (κ2) is 14.4. The van der Waals surface area contributed by atoms with Crippen LogP contribution < -0.4 is 16.1 Å². The Kier molecular flexibility index (Phi) is 11.1. The molecule has 2 aromatic rings. The summed E-state index contributed by atoms with van der Waals surface area (Å²) in [6.07, 6.45) is 1.93. The van der Waals surface area contributed by atoms with E-state index in [2.05, 4.69) is 10.6 Å². The van der Waals surface area contributed by atoms with Crippen molar-refractivity contribution in [3.05, 3.63) is 66.2 Å². The summed E-state index contributed by atoms with van der Waals surface area (Å²) < 4.78 is 0. The monoisotopic (exact) mass is 454 g/mol. The third-order valence-electron chi connectivity index (χ3n) is 4.83. The van der Waals surface area contributed by atoms with Crippen molar-refractivity contribution in [2.75, 3.05) is 18.4 Å². The van der Waals surface area contributed by atoms with Crippen LogP contribution in [0.25, 0.3) is 0 Å². The van der Waals surface area contributed by atoms with Crippen LogP contribution in [0.2, 0.25) is 0 Å². The summed E-state index contributed by atoms with van der Waals surface area (Å²) in [6, 6.07) is 18.3. The van der Waals surface area contributed by atoms with E-state index in [9.17, 15) is 19.2 Å². The normalized spacial score (nSPS) is 10.2. The van der Waals surface area contributed by atoms with E-state index in [1.54, 1.807) is 29.7 Å². The molecule has 0 fully saturated rings. The molecule has 176 valence electrons. The lowest BCUT2D eigenvalue weighted by Crippen LogP contribution is -2.44. The molecule has 0 saturated carbocycles. The number of para-hydroxylation sites is 1. The number of rotatable bonds is 13. The summed E-state index contributed by atoms with van der Waals surface area (Å²) in [5, 5.41) is 14.0. The Bertz CT molecular complexity index is 906. The molecular formula is C24H30N4O5. The fraction of sp³-hybridized carbons (Fsp3) is 0.333. The molecule has 2 rings (SSSR count). The lowest BCUT2D eigenvalue weighted by molar-refractivity contribution is -0.138. The average molecular weight is 455 g/mol. The van der Waals surface area contributed by atoms with E-state index in [0.29, 0.717) is 31.5 Å². The van der Waals surface area contributed by atoms with Gasteiger partial charge in [-0.05, 0) is 30.5 Å². The minimum Gasteiger partial charge on any atom is -0.350 e. The molecule has 0 spiro atoms. The van der Waals surface area contributed by atoms with Crippen molar-refractivity contribution < 1.29 is 24.4 Å². The summed E-state index contributed by atoms with van der Waals surface area (Å²) >= 11 is 0. The van der Waals surface area contributed by atoms with Crippen LogP contribution in [0.1, 0.15) is 37.7 Å². The smallest absolute Gasteiger partial charge is 0.244 e. The van der Waals surface area contributed by atoms with Crippen molar-refractivity contribution in [2.45, 2.75) is 38.6 Å². The van der Waals surface area contributed by atoms with E-state index in [4.69, 9.17) is 5.21 Å². The lowest BCUT2D eigenvalue weighted by atomic mass is 10.1. The summed E-state index contributed by atoms with van der Waals surface area (Å²) in [7, 11) is 0. The van der Waals surface area contributed by atoms with Crippen molar-refractivity contribution in [3.8, 4) is 0 Å². The number of carbonyl (C=O) groups is 4. The number of carbonyl (C=O) groups excluding carboxylic acids is 4. The predicted molar refractivity (Wildman–Crippen MR) is 123 cm³/mol. The molecule has 0 aliphatic carbocycles. The maximum atomic E-state index is 12.7. The molecule has 0 aliphatic heterocycles. The van der Waals surface area contributed by atoms with E-state index >= 15 is 0 Å². The zero-order valence-electron chi connectivity index (χ0n) is 18.5. The minimum absolute atomic E-state index is 0.144. The first kappa shape index (κ1) is 25.5. The molecule has 0 unspecified atom stereocenters. The zero-order chi connectivity index (χ0) is 23.9. The van der Waals surface area contributed by atoms with Gasteiger partial charge in [0.2, 0.25) is 23.6 Å². The first-order valence-electron chi connectivity index (χ1n) is 10.8. The van der Waals surface area contributed by atoms with Crippen LogP contribution in [0.15, 0.2) is 60.7 Å². The topological polar surface area (TPSA) is 128 Å². The maximum absolute atomic E-state index is 12.7. The van der Waals surface area contributed by atoms with Crippen molar-refractivity contribution in [1.29, 1.82) is 0 Å². The molecule has 0 aliphatic rings. The zero-order valence-corrected chi connectivity index (χ0v) is 18.5. The lowest BCUT2D eigenvalue weighted by Gasteiger charge is -2.22. The highest BCUT2D eigenvalue weighted by Gasteiger charge is 2.20. The standard InChI is InChI=1S/C24H30N4O5/c29-21(27-33)14-8-3-9-15-24(32)28(18-23(31)26-20-12-6-2-7-13-20)17-22(30)25-16-19-10-4-1-5-11-19/h1-2,4-7,10-13,33H,3,8-9,14-18H2,(H,25,30)(H,26,31)(H,27,29). The van der Waals surface area contributed by atoms with Crippen molar-refractivity contribution in [2.24, 2.45) is 0 Å². The fourth-order valence-electron chi connectivity index (χ4n) is 3.11. The summed E-state index contributed by atoms with van der Waals surface area (Å²) in [5.41, 5.74) is 3.10. The van der Waals surface area contributed by atoms with Gasteiger partial charge in [-0.1, -0.05) is 55.0 Å². The Labute approximate surface area is 193 Å². The first-order valence-corrected chi connectivity index (χ1v) is 10.8. The molecule has 9 nitrogen and oxygen atoms in total. The number of hydrogen-bond donors (Lipinski definition) is 4. The van der Waals surface area contributed by atoms with Crippen LogP contribution in [-0.2, 0) is 25.7 Å². The molecule has 0 atom stereocenters. The minimum atomic E-state index is -0.476. The maximum Gasteiger partial charge on any atom is 0.244 e.